The Morgan fingerprint density at radius 2 is 1.24 bits per heavy atom. The molecule has 0 aromatic rings. The molecule has 0 rings (SSSR count). The quantitative estimate of drug-likeness (QED) is 0.106. The van der Waals surface area contributed by atoms with Gasteiger partial charge in [-0.05, 0) is 18.8 Å². The largest absolute Gasteiger partial charge is 0.481 e. The van der Waals surface area contributed by atoms with Gasteiger partial charge in [0, 0.05) is 12.8 Å². The van der Waals surface area contributed by atoms with Gasteiger partial charge >= 0.3 is 11.9 Å². The van der Waals surface area contributed by atoms with Gasteiger partial charge in [-0.2, -0.15) is 0 Å². The van der Waals surface area contributed by atoms with Gasteiger partial charge < -0.3 is 43.4 Å². The molecule has 0 spiro atoms. The summed E-state index contributed by atoms with van der Waals surface area (Å²) in [5.41, 5.74) is 15.8. The van der Waals surface area contributed by atoms with Crippen LogP contribution < -0.4 is 33.2 Å². The monoisotopic (exact) mass is 488 g/mol. The van der Waals surface area contributed by atoms with Crippen molar-refractivity contribution in [3.63, 3.8) is 0 Å². The number of amides is 5. The van der Waals surface area contributed by atoms with Crippen LogP contribution in [0.25, 0.3) is 0 Å². The molecule has 192 valence electrons. The molecule has 0 fully saturated rings. The molecule has 0 aromatic heterocycles. The molecule has 0 aliphatic carbocycles. The van der Waals surface area contributed by atoms with Crippen molar-refractivity contribution >= 4 is 41.5 Å². The fourth-order valence-electron chi connectivity index (χ4n) is 2.69. The maximum atomic E-state index is 12.8. The van der Waals surface area contributed by atoms with E-state index in [4.69, 9.17) is 27.4 Å². The fourth-order valence-corrected chi connectivity index (χ4v) is 2.69. The van der Waals surface area contributed by atoms with E-state index in [1.807, 2.05) is 5.32 Å². The first-order chi connectivity index (χ1) is 15.6. The Balaban J connectivity index is 5.49. The molecular formula is C19H32N6O9. The van der Waals surface area contributed by atoms with E-state index in [-0.39, 0.29) is 25.7 Å². The number of rotatable bonds is 16. The molecule has 0 aliphatic rings. The number of hydrogen-bond acceptors (Lipinski definition) is 8. The zero-order chi connectivity index (χ0) is 26.6. The van der Waals surface area contributed by atoms with Gasteiger partial charge in [-0.25, -0.2) is 4.79 Å². The molecule has 0 saturated carbocycles. The molecule has 4 atom stereocenters. The van der Waals surface area contributed by atoms with Crippen LogP contribution in [0.15, 0.2) is 0 Å². The highest BCUT2D eigenvalue weighted by Gasteiger charge is 2.32. The number of carbonyl (C=O) groups is 7. The minimum absolute atomic E-state index is 0.0581. The van der Waals surface area contributed by atoms with Crippen molar-refractivity contribution in [3.8, 4) is 0 Å². The summed E-state index contributed by atoms with van der Waals surface area (Å²) in [5.74, 6) is -7.72. The first-order valence-electron chi connectivity index (χ1n) is 10.3. The van der Waals surface area contributed by atoms with Crippen molar-refractivity contribution in [2.45, 2.75) is 70.1 Å². The number of nitrogens with one attached hydrogen (secondary N) is 3. The molecule has 34 heavy (non-hydrogen) atoms. The van der Waals surface area contributed by atoms with Crippen LogP contribution in [0.3, 0.4) is 0 Å². The van der Waals surface area contributed by atoms with Gasteiger partial charge in [0.15, 0.2) is 0 Å². The number of carboxylic acid groups (broad SMARTS) is 2. The highest BCUT2D eigenvalue weighted by molar-refractivity contribution is 5.95. The number of carboxylic acids is 2. The third kappa shape index (κ3) is 11.8. The average molecular weight is 488 g/mol. The number of carbonyl (C=O) groups excluding carboxylic acids is 5. The van der Waals surface area contributed by atoms with Crippen molar-refractivity contribution < 1.29 is 43.8 Å². The number of hydrogen-bond donors (Lipinski definition) is 8. The molecule has 0 saturated heterocycles. The summed E-state index contributed by atoms with van der Waals surface area (Å²) < 4.78 is 0. The third-order valence-corrected chi connectivity index (χ3v) is 4.59. The van der Waals surface area contributed by atoms with Gasteiger partial charge in [-0.15, -0.1) is 0 Å². The van der Waals surface area contributed by atoms with Crippen molar-refractivity contribution in [2.75, 3.05) is 0 Å². The van der Waals surface area contributed by atoms with E-state index >= 15 is 0 Å². The van der Waals surface area contributed by atoms with Crippen LogP contribution in [0.5, 0.6) is 0 Å². The lowest BCUT2D eigenvalue weighted by atomic mass is 10.0. The zero-order valence-electron chi connectivity index (χ0n) is 18.9. The second-order valence-electron chi connectivity index (χ2n) is 7.91. The zero-order valence-corrected chi connectivity index (χ0v) is 18.9. The summed E-state index contributed by atoms with van der Waals surface area (Å²) in [5, 5.41) is 24.7. The highest BCUT2D eigenvalue weighted by Crippen LogP contribution is 2.07. The van der Waals surface area contributed by atoms with Crippen LogP contribution in [-0.4, -0.2) is 75.9 Å². The van der Waals surface area contributed by atoms with Gasteiger partial charge in [-0.3, -0.25) is 28.8 Å². The van der Waals surface area contributed by atoms with Crippen molar-refractivity contribution in [2.24, 2.45) is 23.1 Å². The topological polar surface area (TPSA) is 274 Å². The Labute approximate surface area is 195 Å². The minimum Gasteiger partial charge on any atom is -0.481 e. The summed E-state index contributed by atoms with van der Waals surface area (Å²) in [6.07, 6.45) is -1.80. The van der Waals surface area contributed by atoms with E-state index in [0.29, 0.717) is 0 Å². The van der Waals surface area contributed by atoms with Crippen molar-refractivity contribution in [1.82, 2.24) is 16.0 Å². The Morgan fingerprint density at radius 3 is 1.68 bits per heavy atom. The molecule has 11 N–H and O–H groups in total. The number of primary amides is 2. The predicted octanol–water partition coefficient (Wildman–Crippen LogP) is -3.49. The van der Waals surface area contributed by atoms with Crippen molar-refractivity contribution in [3.05, 3.63) is 0 Å². The molecule has 0 bridgehead atoms. The Morgan fingerprint density at radius 1 is 0.735 bits per heavy atom. The van der Waals surface area contributed by atoms with Gasteiger partial charge in [0.25, 0.3) is 0 Å². The molecule has 5 amide bonds. The average Bonchev–Trinajstić information content (AvgIpc) is 2.71. The summed E-state index contributed by atoms with van der Waals surface area (Å²) in [4.78, 5) is 81.8. The first-order valence-corrected chi connectivity index (χ1v) is 10.3. The molecule has 15 heteroatoms. The molecular weight excluding hydrogens is 456 g/mol. The van der Waals surface area contributed by atoms with E-state index in [0.717, 1.165) is 0 Å². The molecule has 15 nitrogen and oxygen atoms in total. The van der Waals surface area contributed by atoms with Gasteiger partial charge in [0.05, 0.1) is 12.5 Å². The van der Waals surface area contributed by atoms with E-state index in [9.17, 15) is 33.6 Å². The van der Waals surface area contributed by atoms with Crippen LogP contribution in [0, 0.1) is 5.92 Å². The summed E-state index contributed by atoms with van der Waals surface area (Å²) in [6.45, 7) is 3.18. The van der Waals surface area contributed by atoms with E-state index in [1.165, 1.54) is 0 Å². The fraction of sp³-hybridized carbons (Fsp3) is 0.632. The standard InChI is InChI=1S/C19H32N6O9/c1-8(2)15(25-16(30)9(20)3-5-12(21)26)18(32)23-10(4-6-13(22)27)17(31)24-11(19(33)34)7-14(28)29/h8-11,15H,3-7,20H2,1-2H3,(H2,21,26)(H2,22,27)(H,23,32)(H,24,31)(H,25,30)(H,28,29)(H,33,34). The number of aliphatic carboxylic acids is 2. The predicted molar refractivity (Wildman–Crippen MR) is 115 cm³/mol. The Hall–Kier alpha value is -3.75. The summed E-state index contributed by atoms with van der Waals surface area (Å²) in [6, 6.07) is -5.58. The van der Waals surface area contributed by atoms with Gasteiger partial charge in [0.2, 0.25) is 29.5 Å². The lowest BCUT2D eigenvalue weighted by Crippen LogP contribution is -2.58. The maximum absolute atomic E-state index is 12.8. The van der Waals surface area contributed by atoms with Gasteiger partial charge in [0.1, 0.15) is 18.1 Å². The normalized spacial score (nSPS) is 14.2. The lowest BCUT2D eigenvalue weighted by Gasteiger charge is -2.26. The molecule has 0 aromatic carbocycles. The van der Waals surface area contributed by atoms with E-state index in [2.05, 4.69) is 10.6 Å². The second-order valence-corrected chi connectivity index (χ2v) is 7.91. The van der Waals surface area contributed by atoms with E-state index in [1.54, 1.807) is 13.8 Å². The summed E-state index contributed by atoms with van der Waals surface area (Å²) in [7, 11) is 0. The Kier molecular flexibility index (Phi) is 12.8. The smallest absolute Gasteiger partial charge is 0.326 e. The van der Waals surface area contributed by atoms with Crippen LogP contribution in [-0.2, 0) is 33.6 Å². The molecule has 0 heterocycles. The second kappa shape index (κ2) is 14.4. The summed E-state index contributed by atoms with van der Waals surface area (Å²) >= 11 is 0. The lowest BCUT2D eigenvalue weighted by molar-refractivity contribution is -0.147. The number of nitrogens with two attached hydrogens (primary N) is 3. The first kappa shape index (κ1) is 30.2. The Bertz CT molecular complexity index is 801. The van der Waals surface area contributed by atoms with Crippen LogP contribution in [0.2, 0.25) is 0 Å². The minimum atomic E-state index is -1.79. The molecule has 4 unspecified atom stereocenters. The van der Waals surface area contributed by atoms with Crippen molar-refractivity contribution in [1.29, 1.82) is 0 Å². The highest BCUT2D eigenvalue weighted by atomic mass is 16.4. The maximum Gasteiger partial charge on any atom is 0.326 e. The van der Waals surface area contributed by atoms with Gasteiger partial charge in [-0.1, -0.05) is 13.8 Å². The van der Waals surface area contributed by atoms with Crippen LogP contribution in [0.1, 0.15) is 46.0 Å². The SMILES string of the molecule is CC(C)C(NC(=O)C(N)CCC(N)=O)C(=O)NC(CCC(N)=O)C(=O)NC(CC(=O)O)C(=O)O. The molecule has 0 radical (unpaired) electrons. The van der Waals surface area contributed by atoms with Crippen LogP contribution >= 0.6 is 0 Å². The van der Waals surface area contributed by atoms with E-state index < -0.39 is 78.0 Å². The third-order valence-electron chi connectivity index (χ3n) is 4.59. The molecule has 0 aliphatic heterocycles. The van der Waals surface area contributed by atoms with Crippen LogP contribution in [0.4, 0.5) is 0 Å².